The van der Waals surface area contributed by atoms with Gasteiger partial charge in [-0.1, -0.05) is 19.4 Å². The van der Waals surface area contributed by atoms with Gasteiger partial charge in [-0.05, 0) is 60.3 Å². The van der Waals surface area contributed by atoms with Gasteiger partial charge in [0, 0.05) is 35.9 Å². The molecule has 7 N–H and O–H groups in total. The van der Waals surface area contributed by atoms with Crippen LogP contribution < -0.4 is 50.7 Å². The number of aliphatic hydroxyl groups is 2. The zero-order chi connectivity index (χ0) is 32.4. The number of nitrogens with two attached hydrogens (primary N) is 1. The molecule has 238 valence electrons. The average molecular weight is 660 g/mol. The monoisotopic (exact) mass is 659 g/mol. The summed E-state index contributed by atoms with van der Waals surface area (Å²) in [7, 11) is -5.03. The van der Waals surface area contributed by atoms with E-state index in [0.717, 1.165) is 24.6 Å². The number of hydrogen-bond donors (Lipinski definition) is 6. The minimum absolute atomic E-state index is 0. The first kappa shape index (κ1) is 36.6. The molecule has 14 nitrogen and oxygen atoms in total. The van der Waals surface area contributed by atoms with Gasteiger partial charge in [-0.15, -0.1) is 15.3 Å². The van der Waals surface area contributed by atoms with E-state index in [1.165, 1.54) is 24.3 Å². The van der Waals surface area contributed by atoms with E-state index >= 15 is 0 Å². The third-order valence-corrected chi connectivity index (χ3v) is 7.29. The van der Waals surface area contributed by atoms with Crippen LogP contribution in [0, 0.1) is 0 Å². The molecule has 0 heterocycles. The van der Waals surface area contributed by atoms with Crippen molar-refractivity contribution in [2.24, 2.45) is 20.5 Å². The fourth-order valence-corrected chi connectivity index (χ4v) is 4.86. The minimum Gasteiger partial charge on any atom is -0.744 e. The number of phenolic OH excluding ortho intramolecular Hbond substituents is 1. The van der Waals surface area contributed by atoms with Crippen LogP contribution in [-0.4, -0.2) is 61.2 Å². The number of hydrogen-bond acceptors (Lipinski definition) is 14. The molecule has 4 aromatic carbocycles. The molecule has 0 unspecified atom stereocenters. The van der Waals surface area contributed by atoms with Crippen molar-refractivity contribution in [2.75, 3.05) is 49.3 Å². The molecule has 4 rings (SSSR count). The second-order valence-electron chi connectivity index (χ2n) is 9.79. The second-order valence-corrected chi connectivity index (χ2v) is 11.1. The average Bonchev–Trinajstić information content (AvgIpc) is 3.02. The third kappa shape index (κ3) is 9.59. The summed E-state index contributed by atoms with van der Waals surface area (Å²) in [6.45, 7) is 2.88. The number of fused-ring (bicyclic) bond motifs is 1. The predicted molar refractivity (Wildman–Crippen MR) is 171 cm³/mol. The molecule has 46 heavy (non-hydrogen) atoms. The van der Waals surface area contributed by atoms with Crippen molar-refractivity contribution in [3.8, 4) is 11.5 Å². The van der Waals surface area contributed by atoms with Crippen LogP contribution in [0.25, 0.3) is 10.8 Å². The fraction of sp³-hybridized carbons (Fsp3) is 0.267. The van der Waals surface area contributed by atoms with Crippen LogP contribution >= 0.6 is 0 Å². The summed E-state index contributed by atoms with van der Waals surface area (Å²) in [4.78, 5) is -0.733. The number of nitrogens with zero attached hydrogens (tertiary/aromatic N) is 4. The van der Waals surface area contributed by atoms with Gasteiger partial charge in [-0.2, -0.15) is 5.11 Å². The largest absolute Gasteiger partial charge is 1.00 e. The number of unbranched alkanes of at least 4 members (excludes halogenated alkanes) is 1. The zero-order valence-electron chi connectivity index (χ0n) is 25.5. The smallest absolute Gasteiger partial charge is 0.744 e. The molecule has 0 radical (unpaired) electrons. The van der Waals surface area contributed by atoms with Gasteiger partial charge in [-0.25, -0.2) is 8.42 Å². The number of nitrogens with one attached hydrogen (secondary N) is 2. The minimum atomic E-state index is -5.03. The first-order chi connectivity index (χ1) is 21.6. The molecule has 0 spiro atoms. The van der Waals surface area contributed by atoms with Gasteiger partial charge in [0.1, 0.15) is 32.9 Å². The topological polar surface area (TPSA) is 227 Å². The molecule has 0 saturated heterocycles. The number of aromatic hydroxyl groups is 1. The van der Waals surface area contributed by atoms with Gasteiger partial charge in [0.15, 0.2) is 5.75 Å². The van der Waals surface area contributed by atoms with Gasteiger partial charge in [-0.3, -0.25) is 0 Å². The summed E-state index contributed by atoms with van der Waals surface area (Å²) in [6, 6.07) is 15.6. The number of ether oxygens (including phenoxy) is 1. The summed E-state index contributed by atoms with van der Waals surface area (Å²) in [6.07, 6.45) is 1.60. The Kier molecular flexibility index (Phi) is 13.7. The normalized spacial score (nSPS) is 11.7. The van der Waals surface area contributed by atoms with Crippen molar-refractivity contribution in [3.05, 3.63) is 60.7 Å². The Morgan fingerprint density at radius 2 is 1.61 bits per heavy atom. The molecule has 16 heteroatoms. The standard InChI is InChI=1S/C30H35N7O7S.Na/c1-2-3-14-44-27-18-22(34-35-24-8-6-21(32-10-12-38)17-26(24)33-11-13-39)7-9-25(27)36-37-29-28(45(41,42)43)15-19-4-5-20(31)16-23(19)30(29)40;/h4-9,15-18,32-33,38-40H,2-3,10-14,31H2,1H3,(H,41,42,43);/q;+1/p-1. The molecule has 0 aliphatic rings. The maximum atomic E-state index is 12.1. The first-order valence-electron chi connectivity index (χ1n) is 14.1. The van der Waals surface area contributed by atoms with E-state index in [1.807, 2.05) is 6.92 Å². The van der Waals surface area contributed by atoms with Crippen LogP contribution in [0.2, 0.25) is 0 Å². The molecule has 0 aliphatic carbocycles. The Balaban J connectivity index is 0.00000576. The van der Waals surface area contributed by atoms with Crippen molar-refractivity contribution in [3.63, 3.8) is 0 Å². The molecule has 0 fully saturated rings. The Morgan fingerprint density at radius 1 is 0.891 bits per heavy atom. The van der Waals surface area contributed by atoms with Crippen LogP contribution in [0.15, 0.2) is 86.0 Å². The van der Waals surface area contributed by atoms with E-state index in [1.54, 1.807) is 30.3 Å². The van der Waals surface area contributed by atoms with E-state index in [4.69, 9.17) is 15.6 Å². The first-order valence-corrected chi connectivity index (χ1v) is 15.5. The van der Waals surface area contributed by atoms with E-state index in [0.29, 0.717) is 41.3 Å². The molecule has 0 aromatic heterocycles. The van der Waals surface area contributed by atoms with Gasteiger partial charge >= 0.3 is 29.6 Å². The molecule has 0 amide bonds. The van der Waals surface area contributed by atoms with Crippen molar-refractivity contribution < 1.29 is 62.6 Å². The van der Waals surface area contributed by atoms with Crippen molar-refractivity contribution in [1.29, 1.82) is 0 Å². The number of rotatable bonds is 15. The molecule has 0 saturated carbocycles. The van der Waals surface area contributed by atoms with Crippen molar-refractivity contribution >= 4 is 60.7 Å². The summed E-state index contributed by atoms with van der Waals surface area (Å²) in [5.41, 5.74) is 8.09. The van der Waals surface area contributed by atoms with Gasteiger partial charge in [0.05, 0.1) is 36.1 Å². The Morgan fingerprint density at radius 3 is 2.33 bits per heavy atom. The number of phenols is 1. The third-order valence-electron chi connectivity index (χ3n) is 6.44. The number of aliphatic hydroxyl groups excluding tert-OH is 2. The maximum Gasteiger partial charge on any atom is 1.00 e. The fourth-order valence-electron chi connectivity index (χ4n) is 4.22. The van der Waals surface area contributed by atoms with Gasteiger partial charge in [0.25, 0.3) is 0 Å². The summed E-state index contributed by atoms with van der Waals surface area (Å²) in [5.74, 6) is -0.290. The van der Waals surface area contributed by atoms with Crippen LogP contribution in [0.5, 0.6) is 11.5 Å². The zero-order valence-corrected chi connectivity index (χ0v) is 28.3. The van der Waals surface area contributed by atoms with Gasteiger partial charge < -0.3 is 41.0 Å². The number of anilines is 3. The molecule has 0 aliphatic heterocycles. The van der Waals surface area contributed by atoms with E-state index in [2.05, 4.69) is 31.1 Å². The molecule has 4 aromatic rings. The van der Waals surface area contributed by atoms with Crippen LogP contribution in [0.4, 0.5) is 39.8 Å². The Hall–Kier alpha value is -3.83. The summed E-state index contributed by atoms with van der Waals surface area (Å²) >= 11 is 0. The quantitative estimate of drug-likeness (QED) is 0.0360. The number of nitrogen functional groups attached to an aromatic ring is 1. The van der Waals surface area contributed by atoms with E-state index in [-0.39, 0.29) is 66.1 Å². The number of azo groups is 2. The molecule has 0 bridgehead atoms. The maximum absolute atomic E-state index is 12.1. The molecule has 0 atom stereocenters. The van der Waals surface area contributed by atoms with Crippen LogP contribution in [0.1, 0.15) is 19.8 Å². The van der Waals surface area contributed by atoms with Crippen LogP contribution in [0.3, 0.4) is 0 Å². The van der Waals surface area contributed by atoms with E-state index < -0.39 is 26.5 Å². The Labute approximate surface area is 288 Å². The van der Waals surface area contributed by atoms with Crippen molar-refractivity contribution in [2.45, 2.75) is 24.7 Å². The van der Waals surface area contributed by atoms with Crippen molar-refractivity contribution in [1.82, 2.24) is 0 Å². The molecular weight excluding hydrogens is 625 g/mol. The summed E-state index contributed by atoms with van der Waals surface area (Å²) in [5, 5.41) is 52.7. The molecular formula is C30H34N7NaO7S. The SMILES string of the molecule is CCCCOc1cc(N=Nc2ccc(NCCO)cc2NCCO)ccc1N=Nc1c(S(=O)(=O)[O-])cc2ccc(N)cc2c1O.[Na+]. The van der Waals surface area contributed by atoms with E-state index in [9.17, 15) is 23.2 Å². The number of benzene rings is 4. The predicted octanol–water partition coefficient (Wildman–Crippen LogP) is 2.85. The second kappa shape index (κ2) is 17.2. The Bertz CT molecular complexity index is 1820. The van der Waals surface area contributed by atoms with Gasteiger partial charge in [0.2, 0.25) is 0 Å². The van der Waals surface area contributed by atoms with Crippen LogP contribution in [-0.2, 0) is 10.1 Å². The summed E-state index contributed by atoms with van der Waals surface area (Å²) < 4.78 is 42.2.